The first kappa shape index (κ1) is 33.4. The molecule has 3 saturated heterocycles. The molecule has 0 radical (unpaired) electrons. The van der Waals surface area contributed by atoms with Crippen LogP contribution in [0.25, 0.3) is 10.9 Å². The van der Waals surface area contributed by atoms with Crippen molar-refractivity contribution in [2.75, 3.05) is 71.0 Å². The number of fused-ring (bicyclic) bond motifs is 1. The lowest BCUT2D eigenvalue weighted by Crippen LogP contribution is -2.62. The van der Waals surface area contributed by atoms with Crippen molar-refractivity contribution in [3.63, 3.8) is 0 Å². The van der Waals surface area contributed by atoms with Gasteiger partial charge in [0.15, 0.2) is 5.75 Å². The average Bonchev–Trinajstić information content (AvgIpc) is 3.83. The number of hydrogen-bond donors (Lipinski definition) is 0. The molecule has 1 aromatic carbocycles. The summed E-state index contributed by atoms with van der Waals surface area (Å²) in [5.41, 5.74) is 1.05. The zero-order valence-corrected chi connectivity index (χ0v) is 28.9. The highest BCUT2D eigenvalue weighted by Gasteiger charge is 2.48. The second-order valence-corrected chi connectivity index (χ2v) is 15.1. The molecule has 254 valence electrons. The van der Waals surface area contributed by atoms with Gasteiger partial charge in [-0.25, -0.2) is 13.6 Å². The molecule has 2 aromatic rings. The van der Waals surface area contributed by atoms with Crippen molar-refractivity contribution in [3.8, 4) is 11.8 Å². The molecular weight excluding hydrogens is 664 g/mol. The highest BCUT2D eigenvalue weighted by molar-refractivity contribution is 9.10. The number of rotatable bonds is 10. The summed E-state index contributed by atoms with van der Waals surface area (Å²) in [6.45, 7) is 11.1. The second-order valence-electron chi connectivity index (χ2n) is 14.3. The monoisotopic (exact) mass is 709 g/mol. The number of alkyl halides is 2. The Bertz CT molecular complexity index is 1400. The minimum atomic E-state index is -2.62. The van der Waals surface area contributed by atoms with Gasteiger partial charge in [0.25, 0.3) is 6.43 Å². The van der Waals surface area contributed by atoms with Gasteiger partial charge in [-0.2, -0.15) is 9.97 Å². The minimum Gasteiger partial charge on any atom is -0.484 e. The van der Waals surface area contributed by atoms with E-state index in [1.165, 1.54) is 0 Å². The van der Waals surface area contributed by atoms with Crippen LogP contribution in [-0.4, -0.2) is 110 Å². The predicted molar refractivity (Wildman–Crippen MR) is 174 cm³/mol. The van der Waals surface area contributed by atoms with E-state index in [1.807, 2.05) is 20.8 Å². The Morgan fingerprint density at radius 3 is 2.39 bits per heavy atom. The van der Waals surface area contributed by atoms with Crippen molar-refractivity contribution in [1.82, 2.24) is 19.8 Å². The van der Waals surface area contributed by atoms with Gasteiger partial charge in [0, 0.05) is 63.7 Å². The van der Waals surface area contributed by atoms with Gasteiger partial charge in [-0.15, -0.1) is 0 Å². The zero-order chi connectivity index (χ0) is 32.6. The molecule has 1 saturated carbocycles. The summed E-state index contributed by atoms with van der Waals surface area (Å²) in [4.78, 5) is 28.8. The molecule has 3 aliphatic heterocycles. The smallest absolute Gasteiger partial charge is 0.410 e. The Labute approximate surface area is 278 Å². The predicted octanol–water partition coefficient (Wildman–Crippen LogP) is 6.24. The third-order valence-corrected chi connectivity index (χ3v) is 10.3. The number of methoxy groups -OCH3 is 1. The normalized spacial score (nSPS) is 20.8. The fourth-order valence-electron chi connectivity index (χ4n) is 6.81. The lowest BCUT2D eigenvalue weighted by atomic mass is 9.72. The van der Waals surface area contributed by atoms with Crippen LogP contribution in [0.1, 0.15) is 70.8 Å². The van der Waals surface area contributed by atoms with E-state index in [2.05, 4.69) is 31.8 Å². The van der Waals surface area contributed by atoms with Crippen molar-refractivity contribution in [1.29, 1.82) is 0 Å². The molecule has 4 fully saturated rings. The van der Waals surface area contributed by atoms with Crippen LogP contribution in [0.5, 0.6) is 11.8 Å². The minimum absolute atomic E-state index is 0.0536. The van der Waals surface area contributed by atoms with Crippen molar-refractivity contribution in [2.24, 2.45) is 5.41 Å². The van der Waals surface area contributed by atoms with Crippen LogP contribution >= 0.6 is 15.9 Å². The molecule has 13 heteroatoms. The molecule has 0 bridgehead atoms. The summed E-state index contributed by atoms with van der Waals surface area (Å²) in [6.07, 6.45) is 2.61. The van der Waals surface area contributed by atoms with Gasteiger partial charge >= 0.3 is 12.1 Å². The lowest BCUT2D eigenvalue weighted by Gasteiger charge is -2.53. The number of aromatic nitrogens is 2. The van der Waals surface area contributed by atoms with Gasteiger partial charge in [0.2, 0.25) is 0 Å². The molecule has 10 nitrogen and oxygen atoms in total. The van der Waals surface area contributed by atoms with E-state index < -0.39 is 18.6 Å². The van der Waals surface area contributed by atoms with Gasteiger partial charge in [0.05, 0.1) is 11.1 Å². The summed E-state index contributed by atoms with van der Waals surface area (Å²) >= 11 is 3.69. The van der Waals surface area contributed by atoms with E-state index in [1.54, 1.807) is 12.0 Å². The second kappa shape index (κ2) is 13.5. The molecule has 1 aromatic heterocycles. The van der Waals surface area contributed by atoms with Crippen LogP contribution in [-0.2, 0) is 9.47 Å². The summed E-state index contributed by atoms with van der Waals surface area (Å²) in [7, 11) is 1.71. The largest absolute Gasteiger partial charge is 0.484 e. The topological polar surface area (TPSA) is 89.5 Å². The quantitative estimate of drug-likeness (QED) is 0.285. The number of amides is 1. The number of nitrogens with zero attached hydrogens (tertiary/aromatic N) is 5. The van der Waals surface area contributed by atoms with E-state index in [4.69, 9.17) is 28.9 Å². The van der Waals surface area contributed by atoms with Crippen LogP contribution in [0.4, 0.5) is 19.4 Å². The lowest BCUT2D eigenvalue weighted by molar-refractivity contribution is -0.0434. The Hall–Kier alpha value is -2.51. The summed E-state index contributed by atoms with van der Waals surface area (Å²) in [5, 5.41) is 0.788. The molecule has 1 spiro atoms. The van der Waals surface area contributed by atoms with Crippen molar-refractivity contribution in [2.45, 2.75) is 83.3 Å². The van der Waals surface area contributed by atoms with Crippen LogP contribution in [0, 0.1) is 5.41 Å². The SMILES string of the molecule is COCCN1CCC(Oc2nc(N3CCC4(CC3)CN(C(=O)OC(C)(C)C)C4)c3cc(C4CC4)c(Br)c(OCC(F)F)c3n2)CC1. The van der Waals surface area contributed by atoms with E-state index in [0.29, 0.717) is 41.4 Å². The van der Waals surface area contributed by atoms with Gasteiger partial charge in [0.1, 0.15) is 29.6 Å². The number of carbonyl (C=O) groups is 1. The Balaban J connectivity index is 1.26. The van der Waals surface area contributed by atoms with Gasteiger partial charge in [-0.05, 0) is 92.8 Å². The summed E-state index contributed by atoms with van der Waals surface area (Å²) in [5.74, 6) is 1.41. The van der Waals surface area contributed by atoms with Gasteiger partial charge < -0.3 is 33.6 Å². The molecule has 1 amide bonds. The third-order valence-electron chi connectivity index (χ3n) is 9.49. The van der Waals surface area contributed by atoms with Crippen molar-refractivity contribution >= 4 is 38.7 Å². The molecule has 6 rings (SSSR count). The molecule has 0 N–H and O–H groups in total. The van der Waals surface area contributed by atoms with Gasteiger partial charge in [-0.3, -0.25) is 0 Å². The molecule has 1 aliphatic carbocycles. The average molecular weight is 711 g/mol. The van der Waals surface area contributed by atoms with Gasteiger partial charge in [-0.1, -0.05) is 0 Å². The van der Waals surface area contributed by atoms with E-state index in [0.717, 1.165) is 88.0 Å². The van der Waals surface area contributed by atoms with Crippen LogP contribution < -0.4 is 14.4 Å². The Morgan fingerprint density at radius 1 is 1.09 bits per heavy atom. The summed E-state index contributed by atoms with van der Waals surface area (Å²) < 4.78 is 50.5. The highest BCUT2D eigenvalue weighted by atomic mass is 79.9. The zero-order valence-electron chi connectivity index (χ0n) is 27.3. The Morgan fingerprint density at radius 2 is 1.78 bits per heavy atom. The highest BCUT2D eigenvalue weighted by Crippen LogP contribution is 2.50. The maximum Gasteiger partial charge on any atom is 0.410 e. The summed E-state index contributed by atoms with van der Waals surface area (Å²) in [6, 6.07) is 2.35. The maximum absolute atomic E-state index is 13.4. The molecule has 0 atom stereocenters. The fraction of sp³-hybridized carbons (Fsp3) is 0.727. The van der Waals surface area contributed by atoms with E-state index in [-0.39, 0.29) is 23.6 Å². The van der Waals surface area contributed by atoms with Crippen LogP contribution in [0.2, 0.25) is 0 Å². The Kier molecular flexibility index (Phi) is 9.83. The maximum atomic E-state index is 13.4. The molecule has 0 unspecified atom stereocenters. The fourth-order valence-corrected chi connectivity index (χ4v) is 7.55. The number of halogens is 3. The number of piperidine rings is 2. The van der Waals surface area contributed by atoms with Crippen molar-refractivity contribution < 1.29 is 32.5 Å². The number of likely N-dealkylation sites (tertiary alicyclic amines) is 2. The van der Waals surface area contributed by atoms with Crippen LogP contribution in [0.3, 0.4) is 0 Å². The first-order valence-corrected chi connectivity index (χ1v) is 17.3. The third kappa shape index (κ3) is 7.62. The number of benzene rings is 1. The molecule has 4 aliphatic rings. The standard InChI is InChI=1S/C33H46BrF2N5O5/c1-32(2,3)46-31(42)41-19-33(20-41)9-13-40(14-10-33)29-24-17-23(21-5-6-21)26(34)28(44-18-25(35)36)27(24)37-30(38-29)45-22-7-11-39(12-8-22)15-16-43-4/h17,21-22,25H,5-16,18-20H2,1-4H3. The molecule has 46 heavy (non-hydrogen) atoms. The number of anilines is 1. The van der Waals surface area contributed by atoms with Crippen LogP contribution in [0.15, 0.2) is 10.5 Å². The number of ether oxygens (including phenoxy) is 4. The number of hydrogen-bond acceptors (Lipinski definition) is 9. The van der Waals surface area contributed by atoms with Crippen molar-refractivity contribution in [3.05, 3.63) is 16.1 Å². The molecule has 4 heterocycles. The first-order valence-electron chi connectivity index (χ1n) is 16.5. The van der Waals surface area contributed by atoms with E-state index in [9.17, 15) is 13.6 Å². The number of carbonyl (C=O) groups excluding carboxylic acids is 1. The molecular formula is C33H46BrF2N5O5. The first-order chi connectivity index (χ1) is 21.9. The van der Waals surface area contributed by atoms with E-state index >= 15 is 0 Å².